The summed E-state index contributed by atoms with van der Waals surface area (Å²) in [6.45, 7) is 0.121. The molecule has 158 valence electrons. The maximum Gasteiger partial charge on any atom is 0.154 e. The van der Waals surface area contributed by atoms with E-state index in [0.717, 1.165) is 40.7 Å². The van der Waals surface area contributed by atoms with Crippen molar-refractivity contribution in [2.24, 2.45) is 17.6 Å². The molecule has 3 aromatic heterocycles. The van der Waals surface area contributed by atoms with Crippen molar-refractivity contribution >= 4 is 10.9 Å². The monoisotopic (exact) mass is 415 g/mol. The van der Waals surface area contributed by atoms with Gasteiger partial charge >= 0.3 is 0 Å². The number of fused-ring (bicyclic) bond motifs is 1. The van der Waals surface area contributed by atoms with Crippen LogP contribution in [0.25, 0.3) is 28.0 Å². The summed E-state index contributed by atoms with van der Waals surface area (Å²) in [7, 11) is 0. The molecule has 0 aliphatic heterocycles. The van der Waals surface area contributed by atoms with E-state index in [0.29, 0.717) is 23.3 Å². The molecule has 31 heavy (non-hydrogen) atoms. The minimum absolute atomic E-state index is 0.116. The lowest BCUT2D eigenvalue weighted by atomic mass is 9.71. The number of aliphatic hydroxyl groups is 2. The van der Waals surface area contributed by atoms with Crippen LogP contribution in [0.3, 0.4) is 0 Å². The number of aromatic nitrogens is 4. The highest BCUT2D eigenvalue weighted by Gasteiger charge is 2.34. The Morgan fingerprint density at radius 3 is 2.68 bits per heavy atom. The van der Waals surface area contributed by atoms with Gasteiger partial charge in [-0.25, -0.2) is 9.67 Å². The van der Waals surface area contributed by atoms with E-state index in [1.807, 2.05) is 42.5 Å². The number of hydrogen-bond acceptors (Lipinski definition) is 6. The van der Waals surface area contributed by atoms with Crippen LogP contribution in [-0.4, -0.2) is 36.6 Å². The maximum absolute atomic E-state index is 9.40. The summed E-state index contributed by atoms with van der Waals surface area (Å²) in [4.78, 5) is 9.32. The third kappa shape index (κ3) is 3.72. The highest BCUT2D eigenvalue weighted by Crippen LogP contribution is 2.40. The molecule has 0 unspecified atom stereocenters. The van der Waals surface area contributed by atoms with E-state index < -0.39 is 0 Å². The van der Waals surface area contributed by atoms with Crippen molar-refractivity contribution in [3.05, 3.63) is 72.2 Å². The van der Waals surface area contributed by atoms with Gasteiger partial charge in [0.25, 0.3) is 0 Å². The van der Waals surface area contributed by atoms with E-state index in [2.05, 4.69) is 16.1 Å². The standard InChI is InChI=1S/C24H25N5O2/c25-24(18-9-15(10-18)13-30)21-5-2-4-20(28-21)16-7-8-17-12-26-29(22(17)11-16)23-6-1-3-19(14-31)27-23/h1-8,11-12,15,18,24,30-31H,9-10,13-14,25H2/t15?,18?,24-/m0/s1. The fourth-order valence-electron chi connectivity index (χ4n) is 4.30. The van der Waals surface area contributed by atoms with Crippen LogP contribution in [0.2, 0.25) is 0 Å². The van der Waals surface area contributed by atoms with Crippen LogP contribution in [0.5, 0.6) is 0 Å². The molecule has 0 spiro atoms. The fraction of sp³-hybridized carbons (Fsp3) is 0.292. The lowest BCUT2D eigenvalue weighted by Crippen LogP contribution is -2.35. The van der Waals surface area contributed by atoms with E-state index in [4.69, 9.17) is 10.7 Å². The Labute approximate surface area is 180 Å². The first-order valence-corrected chi connectivity index (χ1v) is 10.5. The van der Waals surface area contributed by atoms with E-state index >= 15 is 0 Å². The average molecular weight is 415 g/mol. The minimum Gasteiger partial charge on any atom is -0.396 e. The van der Waals surface area contributed by atoms with Crippen molar-refractivity contribution in [3.63, 3.8) is 0 Å². The molecule has 1 aliphatic carbocycles. The van der Waals surface area contributed by atoms with Gasteiger partial charge in [0.1, 0.15) is 0 Å². The summed E-state index contributed by atoms with van der Waals surface area (Å²) in [6.07, 6.45) is 3.71. The van der Waals surface area contributed by atoms with Crippen LogP contribution in [0.4, 0.5) is 0 Å². The Bertz CT molecular complexity index is 1220. The van der Waals surface area contributed by atoms with Gasteiger partial charge < -0.3 is 15.9 Å². The van der Waals surface area contributed by atoms with Crippen molar-refractivity contribution in [1.29, 1.82) is 0 Å². The molecule has 0 bridgehead atoms. The SMILES string of the molecule is N[C@H](c1cccc(-c2ccc3cnn(-c4cccc(CO)n4)c3c2)n1)C1CC(CO)C1. The molecule has 5 rings (SSSR count). The van der Waals surface area contributed by atoms with Crippen molar-refractivity contribution in [2.45, 2.75) is 25.5 Å². The van der Waals surface area contributed by atoms with Gasteiger partial charge in [0.2, 0.25) is 0 Å². The molecule has 0 saturated heterocycles. The molecule has 3 heterocycles. The molecule has 1 fully saturated rings. The van der Waals surface area contributed by atoms with Gasteiger partial charge in [0.15, 0.2) is 5.82 Å². The van der Waals surface area contributed by atoms with Gasteiger partial charge in [-0.2, -0.15) is 5.10 Å². The van der Waals surface area contributed by atoms with Gasteiger partial charge in [-0.05, 0) is 55.0 Å². The molecule has 1 saturated carbocycles. The fourth-order valence-corrected chi connectivity index (χ4v) is 4.30. The molecule has 4 N–H and O–H groups in total. The summed E-state index contributed by atoms with van der Waals surface area (Å²) in [5.41, 5.74) is 10.7. The number of nitrogens with two attached hydrogens (primary N) is 1. The smallest absolute Gasteiger partial charge is 0.154 e. The van der Waals surface area contributed by atoms with Crippen molar-refractivity contribution in [1.82, 2.24) is 19.7 Å². The van der Waals surface area contributed by atoms with Crippen LogP contribution >= 0.6 is 0 Å². The first-order chi connectivity index (χ1) is 15.2. The zero-order valence-corrected chi connectivity index (χ0v) is 17.1. The zero-order chi connectivity index (χ0) is 21.4. The van der Waals surface area contributed by atoms with Gasteiger partial charge in [0.05, 0.1) is 35.4 Å². The van der Waals surface area contributed by atoms with Crippen LogP contribution in [-0.2, 0) is 6.61 Å². The van der Waals surface area contributed by atoms with Gasteiger partial charge in [0, 0.05) is 23.6 Å². The average Bonchev–Trinajstić information content (AvgIpc) is 3.22. The third-order valence-corrected chi connectivity index (χ3v) is 6.19. The molecule has 0 radical (unpaired) electrons. The summed E-state index contributed by atoms with van der Waals surface area (Å²) in [5, 5.41) is 24.2. The largest absolute Gasteiger partial charge is 0.396 e. The lowest BCUT2D eigenvalue weighted by molar-refractivity contribution is 0.0906. The maximum atomic E-state index is 9.40. The number of aliphatic hydroxyl groups excluding tert-OH is 2. The third-order valence-electron chi connectivity index (χ3n) is 6.19. The Morgan fingerprint density at radius 2 is 1.87 bits per heavy atom. The van der Waals surface area contributed by atoms with E-state index in [-0.39, 0.29) is 19.3 Å². The molecular weight excluding hydrogens is 390 g/mol. The molecule has 1 atom stereocenters. The Hall–Kier alpha value is -3.13. The predicted molar refractivity (Wildman–Crippen MR) is 118 cm³/mol. The Balaban J connectivity index is 1.48. The topological polar surface area (TPSA) is 110 Å². The second kappa shape index (κ2) is 8.19. The molecule has 7 heteroatoms. The summed E-state index contributed by atoms with van der Waals surface area (Å²) < 4.78 is 1.77. The van der Waals surface area contributed by atoms with Crippen LogP contribution in [0.1, 0.15) is 30.3 Å². The number of nitrogens with zero attached hydrogens (tertiary/aromatic N) is 4. The number of rotatable bonds is 6. The quantitative estimate of drug-likeness (QED) is 0.447. The Kier molecular flexibility index (Phi) is 5.23. The molecule has 0 amide bonds. The van der Waals surface area contributed by atoms with E-state index in [1.165, 1.54) is 0 Å². The summed E-state index contributed by atoms with van der Waals surface area (Å²) >= 11 is 0. The second-order valence-electron chi connectivity index (χ2n) is 8.23. The predicted octanol–water partition coefficient (Wildman–Crippen LogP) is 2.99. The van der Waals surface area contributed by atoms with Crippen molar-refractivity contribution in [3.8, 4) is 17.1 Å². The highest BCUT2D eigenvalue weighted by molar-refractivity contribution is 5.84. The summed E-state index contributed by atoms with van der Waals surface area (Å²) in [5.74, 6) is 1.40. The van der Waals surface area contributed by atoms with Crippen molar-refractivity contribution in [2.75, 3.05) is 6.61 Å². The van der Waals surface area contributed by atoms with E-state index in [1.54, 1.807) is 16.9 Å². The van der Waals surface area contributed by atoms with E-state index in [9.17, 15) is 10.2 Å². The lowest BCUT2D eigenvalue weighted by Gasteiger charge is -2.37. The minimum atomic E-state index is -0.123. The molecule has 4 aromatic rings. The molecular formula is C24H25N5O2. The van der Waals surface area contributed by atoms with Crippen molar-refractivity contribution < 1.29 is 10.2 Å². The molecule has 1 aromatic carbocycles. The summed E-state index contributed by atoms with van der Waals surface area (Å²) in [6, 6.07) is 17.5. The van der Waals surface area contributed by atoms with Crippen LogP contribution in [0.15, 0.2) is 60.8 Å². The molecule has 7 nitrogen and oxygen atoms in total. The normalized spacial score (nSPS) is 19.3. The van der Waals surface area contributed by atoms with Gasteiger partial charge in [-0.15, -0.1) is 0 Å². The number of pyridine rings is 2. The van der Waals surface area contributed by atoms with Gasteiger partial charge in [-0.3, -0.25) is 4.98 Å². The van der Waals surface area contributed by atoms with Gasteiger partial charge in [-0.1, -0.05) is 24.3 Å². The first kappa shape index (κ1) is 19.8. The second-order valence-corrected chi connectivity index (χ2v) is 8.23. The molecule has 1 aliphatic rings. The highest BCUT2D eigenvalue weighted by atomic mass is 16.3. The van der Waals surface area contributed by atoms with Crippen LogP contribution in [0, 0.1) is 11.8 Å². The number of benzene rings is 1. The number of hydrogen-bond donors (Lipinski definition) is 3. The Morgan fingerprint density at radius 1 is 1.03 bits per heavy atom. The first-order valence-electron chi connectivity index (χ1n) is 10.5. The zero-order valence-electron chi connectivity index (χ0n) is 17.1. The van der Waals surface area contributed by atoms with Crippen LogP contribution < -0.4 is 5.73 Å².